The predicted molar refractivity (Wildman–Crippen MR) is 44.9 cm³/mol. The van der Waals surface area contributed by atoms with Gasteiger partial charge in [-0.3, -0.25) is 0 Å². The Balaban J connectivity index is 2.60. The molecular weight excluding hydrogens is 152 g/mol. The molecule has 2 heterocycles. The van der Waals surface area contributed by atoms with Crippen molar-refractivity contribution in [3.8, 4) is 0 Å². The van der Waals surface area contributed by atoms with Gasteiger partial charge >= 0.3 is 0 Å². The Labute approximate surface area is 70.3 Å². The van der Waals surface area contributed by atoms with Crippen LogP contribution in [-0.4, -0.2) is 19.6 Å². The Hall–Kier alpha value is -1.45. The van der Waals surface area contributed by atoms with Gasteiger partial charge in [-0.15, -0.1) is 0 Å². The van der Waals surface area contributed by atoms with Crippen LogP contribution in [0.15, 0.2) is 18.7 Å². The number of rotatable bonds is 1. The van der Waals surface area contributed by atoms with E-state index < -0.39 is 0 Å². The van der Waals surface area contributed by atoms with Gasteiger partial charge in [0.15, 0.2) is 0 Å². The van der Waals surface area contributed by atoms with E-state index in [1.807, 2.05) is 12.4 Å². The molecule has 0 spiro atoms. The number of hydrogen-bond donors (Lipinski definition) is 0. The van der Waals surface area contributed by atoms with Crippen molar-refractivity contribution in [3.63, 3.8) is 0 Å². The summed E-state index contributed by atoms with van der Waals surface area (Å²) in [4.78, 5) is 8.11. The van der Waals surface area contributed by atoms with Crippen molar-refractivity contribution in [2.75, 3.05) is 0 Å². The third-order valence-corrected chi connectivity index (χ3v) is 1.82. The van der Waals surface area contributed by atoms with Crippen LogP contribution in [-0.2, 0) is 0 Å². The highest BCUT2D eigenvalue weighted by atomic mass is 15.3. The summed E-state index contributed by atoms with van der Waals surface area (Å²) in [5.41, 5.74) is 1.17. The smallest absolute Gasteiger partial charge is 0.219 e. The van der Waals surface area contributed by atoms with Crippen LogP contribution in [0.4, 0.5) is 0 Å². The lowest BCUT2D eigenvalue weighted by atomic mass is 10.1. The summed E-state index contributed by atoms with van der Waals surface area (Å²) in [6, 6.07) is 0. The molecule has 0 saturated carbocycles. The Kier molecular flexibility index (Phi) is 1.53. The highest BCUT2D eigenvalue weighted by Gasteiger charge is 2.01. The van der Waals surface area contributed by atoms with Gasteiger partial charge in [0.2, 0.25) is 0 Å². The SMILES string of the molecule is CC(C)c1cnc2ncnn2c1. The lowest BCUT2D eigenvalue weighted by molar-refractivity contribution is 0.820. The molecule has 2 aromatic heterocycles. The van der Waals surface area contributed by atoms with Gasteiger partial charge in [-0.25, -0.2) is 9.50 Å². The first-order valence-electron chi connectivity index (χ1n) is 3.92. The van der Waals surface area contributed by atoms with E-state index in [-0.39, 0.29) is 0 Å². The zero-order chi connectivity index (χ0) is 8.55. The molecule has 0 atom stereocenters. The minimum absolute atomic E-state index is 0.478. The minimum Gasteiger partial charge on any atom is -0.219 e. The van der Waals surface area contributed by atoms with Crippen molar-refractivity contribution in [2.24, 2.45) is 0 Å². The summed E-state index contributed by atoms with van der Waals surface area (Å²) in [6.45, 7) is 4.25. The van der Waals surface area contributed by atoms with Crippen molar-refractivity contribution in [3.05, 3.63) is 24.3 Å². The molecule has 4 nitrogen and oxygen atoms in total. The normalized spacial score (nSPS) is 11.2. The third-order valence-electron chi connectivity index (χ3n) is 1.82. The number of hydrogen-bond acceptors (Lipinski definition) is 3. The first kappa shape index (κ1) is 7.21. The molecule has 0 amide bonds. The van der Waals surface area contributed by atoms with Crippen LogP contribution in [0, 0.1) is 0 Å². The van der Waals surface area contributed by atoms with E-state index in [1.165, 1.54) is 11.9 Å². The largest absolute Gasteiger partial charge is 0.252 e. The molecule has 0 aliphatic carbocycles. The average Bonchev–Trinajstić information content (AvgIpc) is 2.49. The summed E-state index contributed by atoms with van der Waals surface area (Å²) in [5, 5.41) is 4.00. The molecule has 2 rings (SSSR count). The molecule has 0 fully saturated rings. The third kappa shape index (κ3) is 1.05. The predicted octanol–water partition coefficient (Wildman–Crippen LogP) is 1.25. The zero-order valence-corrected chi connectivity index (χ0v) is 7.10. The van der Waals surface area contributed by atoms with Crippen LogP contribution in [0.1, 0.15) is 25.3 Å². The second-order valence-electron chi connectivity index (χ2n) is 3.05. The van der Waals surface area contributed by atoms with Gasteiger partial charge in [0.25, 0.3) is 5.78 Å². The Morgan fingerprint density at radius 3 is 2.92 bits per heavy atom. The molecule has 12 heavy (non-hydrogen) atoms. The first-order chi connectivity index (χ1) is 5.77. The van der Waals surface area contributed by atoms with E-state index in [2.05, 4.69) is 28.9 Å². The van der Waals surface area contributed by atoms with E-state index in [0.717, 1.165) is 0 Å². The quantitative estimate of drug-likeness (QED) is 0.633. The maximum absolute atomic E-state index is 4.15. The molecule has 0 radical (unpaired) electrons. The molecule has 0 aromatic carbocycles. The van der Waals surface area contributed by atoms with Crippen molar-refractivity contribution in [1.29, 1.82) is 0 Å². The van der Waals surface area contributed by atoms with Crippen molar-refractivity contribution >= 4 is 5.78 Å². The van der Waals surface area contributed by atoms with E-state index in [4.69, 9.17) is 0 Å². The molecular formula is C8H10N4. The van der Waals surface area contributed by atoms with Crippen LogP contribution < -0.4 is 0 Å². The van der Waals surface area contributed by atoms with Crippen LogP contribution >= 0.6 is 0 Å². The standard InChI is InChI=1S/C8H10N4/c1-6(2)7-3-9-8-10-5-11-12(8)4-7/h3-6H,1-2H3. The lowest BCUT2D eigenvalue weighted by Crippen LogP contribution is -1.96. The topological polar surface area (TPSA) is 43.1 Å². The number of fused-ring (bicyclic) bond motifs is 1. The van der Waals surface area contributed by atoms with Gasteiger partial charge in [0.05, 0.1) is 0 Å². The molecule has 0 N–H and O–H groups in total. The van der Waals surface area contributed by atoms with Gasteiger partial charge in [0, 0.05) is 12.4 Å². The van der Waals surface area contributed by atoms with Gasteiger partial charge in [-0.05, 0) is 11.5 Å². The van der Waals surface area contributed by atoms with Gasteiger partial charge in [-0.2, -0.15) is 10.1 Å². The second-order valence-corrected chi connectivity index (χ2v) is 3.05. The van der Waals surface area contributed by atoms with Crippen LogP contribution in [0.5, 0.6) is 0 Å². The second kappa shape index (κ2) is 2.55. The summed E-state index contributed by atoms with van der Waals surface area (Å²) in [6.07, 6.45) is 5.31. The maximum atomic E-state index is 4.15. The zero-order valence-electron chi connectivity index (χ0n) is 7.10. The molecule has 0 saturated heterocycles. The van der Waals surface area contributed by atoms with E-state index in [0.29, 0.717) is 11.7 Å². The highest BCUT2D eigenvalue weighted by molar-refractivity contribution is 5.26. The monoisotopic (exact) mass is 162 g/mol. The molecule has 0 aliphatic heterocycles. The van der Waals surface area contributed by atoms with Gasteiger partial charge in [-0.1, -0.05) is 13.8 Å². The molecule has 2 aromatic rings. The number of aromatic nitrogens is 4. The molecule has 4 heteroatoms. The number of nitrogens with zero attached hydrogens (tertiary/aromatic N) is 4. The van der Waals surface area contributed by atoms with Crippen molar-refractivity contribution in [2.45, 2.75) is 19.8 Å². The van der Waals surface area contributed by atoms with Crippen molar-refractivity contribution in [1.82, 2.24) is 19.6 Å². The van der Waals surface area contributed by atoms with E-state index >= 15 is 0 Å². The van der Waals surface area contributed by atoms with Gasteiger partial charge in [0.1, 0.15) is 6.33 Å². The molecule has 0 unspecified atom stereocenters. The highest BCUT2D eigenvalue weighted by Crippen LogP contribution is 2.11. The molecule has 62 valence electrons. The van der Waals surface area contributed by atoms with E-state index in [1.54, 1.807) is 4.52 Å². The summed E-state index contributed by atoms with van der Waals surface area (Å²) < 4.78 is 1.69. The molecule has 0 aliphatic rings. The van der Waals surface area contributed by atoms with Gasteiger partial charge < -0.3 is 0 Å². The fraction of sp³-hybridized carbons (Fsp3) is 0.375. The summed E-state index contributed by atoms with van der Waals surface area (Å²) in [5.74, 6) is 1.13. The first-order valence-corrected chi connectivity index (χ1v) is 3.92. The summed E-state index contributed by atoms with van der Waals surface area (Å²) in [7, 11) is 0. The Morgan fingerprint density at radius 2 is 2.17 bits per heavy atom. The van der Waals surface area contributed by atoms with Crippen molar-refractivity contribution < 1.29 is 0 Å². The fourth-order valence-electron chi connectivity index (χ4n) is 1.03. The van der Waals surface area contributed by atoms with E-state index in [9.17, 15) is 0 Å². The maximum Gasteiger partial charge on any atom is 0.252 e. The Morgan fingerprint density at radius 1 is 1.33 bits per heavy atom. The minimum atomic E-state index is 0.478. The molecule has 0 bridgehead atoms. The average molecular weight is 162 g/mol. The van der Waals surface area contributed by atoms with Crippen LogP contribution in [0.3, 0.4) is 0 Å². The van der Waals surface area contributed by atoms with Crippen LogP contribution in [0.2, 0.25) is 0 Å². The Bertz CT molecular complexity index is 391. The van der Waals surface area contributed by atoms with Crippen LogP contribution in [0.25, 0.3) is 5.78 Å². The summed E-state index contributed by atoms with van der Waals surface area (Å²) >= 11 is 0. The lowest BCUT2D eigenvalue weighted by Gasteiger charge is -2.02. The fourth-order valence-corrected chi connectivity index (χ4v) is 1.03.